The van der Waals surface area contributed by atoms with Gasteiger partial charge in [-0.25, -0.2) is 8.42 Å². The number of carbonyl (C=O) groups excluding carboxylic acids is 1. The summed E-state index contributed by atoms with van der Waals surface area (Å²) in [5, 5.41) is 3.10. The molecular formula is C18H21ClN2O4S. The highest BCUT2D eigenvalue weighted by molar-refractivity contribution is 7.92. The fourth-order valence-electron chi connectivity index (χ4n) is 2.57. The van der Waals surface area contributed by atoms with Crippen LogP contribution < -0.4 is 14.4 Å². The van der Waals surface area contributed by atoms with Gasteiger partial charge in [-0.05, 0) is 43.7 Å². The molecule has 0 heterocycles. The Morgan fingerprint density at radius 1 is 1.23 bits per heavy atom. The van der Waals surface area contributed by atoms with E-state index in [1.165, 1.54) is 20.1 Å². The third-order valence-corrected chi connectivity index (χ3v) is 5.33. The van der Waals surface area contributed by atoms with E-state index in [9.17, 15) is 13.2 Å². The van der Waals surface area contributed by atoms with Crippen LogP contribution >= 0.6 is 11.6 Å². The van der Waals surface area contributed by atoms with Gasteiger partial charge in [0.25, 0.3) is 0 Å². The summed E-state index contributed by atoms with van der Waals surface area (Å²) in [5.41, 5.74) is 1.70. The van der Waals surface area contributed by atoms with Crippen molar-refractivity contribution in [2.24, 2.45) is 0 Å². The Hall–Kier alpha value is -2.25. The number of nitrogens with one attached hydrogen (secondary N) is 1. The van der Waals surface area contributed by atoms with Gasteiger partial charge in [-0.1, -0.05) is 29.8 Å². The normalized spacial score (nSPS) is 12.3. The molecule has 1 unspecified atom stereocenters. The number of halogens is 1. The van der Waals surface area contributed by atoms with Crippen LogP contribution in [0.1, 0.15) is 12.5 Å². The number of aryl methyl sites for hydroxylation is 1. The number of hydrogen-bond donors (Lipinski definition) is 1. The second kappa shape index (κ2) is 7.97. The standard InChI is InChI=1S/C18H21ClN2O4S/c1-12-7-5-6-8-15(12)20-18(22)13(2)21(26(4,23)24)16-11-14(19)9-10-17(16)25-3/h5-11,13H,1-4H3,(H,20,22). The van der Waals surface area contributed by atoms with E-state index in [0.717, 1.165) is 16.1 Å². The molecular weight excluding hydrogens is 376 g/mol. The Morgan fingerprint density at radius 2 is 1.88 bits per heavy atom. The first-order valence-corrected chi connectivity index (χ1v) is 10.1. The van der Waals surface area contributed by atoms with E-state index >= 15 is 0 Å². The molecule has 0 spiro atoms. The molecule has 6 nitrogen and oxygen atoms in total. The summed E-state index contributed by atoms with van der Waals surface area (Å²) in [6, 6.07) is 10.8. The lowest BCUT2D eigenvalue weighted by atomic mass is 10.2. The third kappa shape index (κ3) is 4.47. The summed E-state index contributed by atoms with van der Waals surface area (Å²) in [6.07, 6.45) is 1.03. The first-order chi connectivity index (χ1) is 12.1. The highest BCUT2D eigenvalue weighted by Crippen LogP contribution is 2.34. The van der Waals surface area contributed by atoms with Crippen LogP contribution in [0.5, 0.6) is 5.75 Å². The zero-order valence-corrected chi connectivity index (χ0v) is 16.6. The average Bonchev–Trinajstić information content (AvgIpc) is 2.56. The number of amides is 1. The van der Waals surface area contributed by atoms with Crippen LogP contribution in [-0.2, 0) is 14.8 Å². The van der Waals surface area contributed by atoms with Crippen LogP contribution in [0, 0.1) is 6.92 Å². The molecule has 0 radical (unpaired) electrons. The molecule has 0 aliphatic rings. The molecule has 0 saturated heterocycles. The van der Waals surface area contributed by atoms with Gasteiger partial charge >= 0.3 is 0 Å². The van der Waals surface area contributed by atoms with Gasteiger partial charge in [0, 0.05) is 10.7 Å². The molecule has 0 fully saturated rings. The van der Waals surface area contributed by atoms with Crippen LogP contribution in [0.2, 0.25) is 5.02 Å². The Balaban J connectivity index is 2.43. The number of hydrogen-bond acceptors (Lipinski definition) is 4. The summed E-state index contributed by atoms with van der Waals surface area (Å²) >= 11 is 6.03. The summed E-state index contributed by atoms with van der Waals surface area (Å²) in [5.74, 6) is -0.165. The maximum atomic E-state index is 12.7. The number of carbonyl (C=O) groups is 1. The van der Waals surface area contributed by atoms with Gasteiger partial charge in [0.1, 0.15) is 11.8 Å². The minimum absolute atomic E-state index is 0.204. The summed E-state index contributed by atoms with van der Waals surface area (Å²) in [4.78, 5) is 12.7. The number of anilines is 2. The van der Waals surface area contributed by atoms with Crippen molar-refractivity contribution in [1.82, 2.24) is 0 Å². The van der Waals surface area contributed by atoms with Crippen molar-refractivity contribution in [3.8, 4) is 5.75 Å². The predicted octanol–water partition coefficient (Wildman–Crippen LogP) is 3.45. The van der Waals surface area contributed by atoms with E-state index in [2.05, 4.69) is 5.32 Å². The number of ether oxygens (including phenoxy) is 1. The Bertz CT molecular complexity index is 915. The molecule has 2 rings (SSSR count). The summed E-state index contributed by atoms with van der Waals surface area (Å²) < 4.78 is 31.1. The maximum Gasteiger partial charge on any atom is 0.248 e. The quantitative estimate of drug-likeness (QED) is 0.811. The van der Waals surface area contributed by atoms with Gasteiger partial charge in [-0.15, -0.1) is 0 Å². The Kier molecular flexibility index (Phi) is 6.15. The molecule has 2 aromatic carbocycles. The Labute approximate surface area is 158 Å². The second-order valence-corrected chi connectivity index (χ2v) is 8.15. The van der Waals surface area contributed by atoms with Crippen molar-refractivity contribution in [1.29, 1.82) is 0 Å². The lowest BCUT2D eigenvalue weighted by Crippen LogP contribution is -2.45. The smallest absolute Gasteiger partial charge is 0.248 e. The van der Waals surface area contributed by atoms with Crippen molar-refractivity contribution in [3.05, 3.63) is 53.1 Å². The monoisotopic (exact) mass is 396 g/mol. The second-order valence-electron chi connectivity index (χ2n) is 5.86. The fraction of sp³-hybridized carbons (Fsp3) is 0.278. The number of rotatable bonds is 6. The van der Waals surface area contributed by atoms with Crippen LogP contribution in [-0.4, -0.2) is 33.7 Å². The van der Waals surface area contributed by atoms with Crippen molar-refractivity contribution in [2.75, 3.05) is 23.0 Å². The van der Waals surface area contributed by atoms with Crippen molar-refractivity contribution in [3.63, 3.8) is 0 Å². The molecule has 8 heteroatoms. The zero-order valence-electron chi connectivity index (χ0n) is 15.0. The van der Waals surface area contributed by atoms with Crippen molar-refractivity contribution in [2.45, 2.75) is 19.9 Å². The molecule has 0 bridgehead atoms. The lowest BCUT2D eigenvalue weighted by Gasteiger charge is -2.29. The number of para-hydroxylation sites is 1. The van der Waals surface area contributed by atoms with Crippen LogP contribution in [0.4, 0.5) is 11.4 Å². The average molecular weight is 397 g/mol. The summed E-state index contributed by atoms with van der Waals surface area (Å²) in [6.45, 7) is 3.36. The molecule has 1 amide bonds. The van der Waals surface area contributed by atoms with Gasteiger partial charge in [0.15, 0.2) is 0 Å². The fourth-order valence-corrected chi connectivity index (χ4v) is 3.90. The van der Waals surface area contributed by atoms with Crippen molar-refractivity contribution >= 4 is 38.9 Å². The largest absolute Gasteiger partial charge is 0.495 e. The van der Waals surface area contributed by atoms with Gasteiger partial charge in [-0.3, -0.25) is 9.10 Å². The molecule has 26 heavy (non-hydrogen) atoms. The zero-order chi connectivity index (χ0) is 19.5. The first-order valence-electron chi connectivity index (χ1n) is 7.84. The molecule has 140 valence electrons. The molecule has 0 aromatic heterocycles. The number of sulfonamides is 1. The topological polar surface area (TPSA) is 75.7 Å². The lowest BCUT2D eigenvalue weighted by molar-refractivity contribution is -0.116. The SMILES string of the molecule is COc1ccc(Cl)cc1N(C(C)C(=O)Nc1ccccc1C)S(C)(=O)=O. The van der Waals surface area contributed by atoms with E-state index in [4.69, 9.17) is 16.3 Å². The van der Waals surface area contributed by atoms with Gasteiger partial charge in [0.2, 0.25) is 15.9 Å². The number of benzene rings is 2. The maximum absolute atomic E-state index is 12.7. The first kappa shape index (κ1) is 20.1. The Morgan fingerprint density at radius 3 is 2.46 bits per heavy atom. The number of methoxy groups -OCH3 is 1. The molecule has 1 N–H and O–H groups in total. The van der Waals surface area contributed by atoms with Crippen molar-refractivity contribution < 1.29 is 17.9 Å². The molecule has 0 aliphatic heterocycles. The van der Waals surface area contributed by atoms with E-state index in [0.29, 0.717) is 16.5 Å². The summed E-state index contributed by atoms with van der Waals surface area (Å²) in [7, 11) is -2.36. The minimum atomic E-state index is -3.78. The minimum Gasteiger partial charge on any atom is -0.495 e. The van der Waals surface area contributed by atoms with Crippen LogP contribution in [0.25, 0.3) is 0 Å². The molecule has 1 atom stereocenters. The number of nitrogens with zero attached hydrogens (tertiary/aromatic N) is 1. The highest BCUT2D eigenvalue weighted by Gasteiger charge is 2.31. The molecule has 2 aromatic rings. The molecule has 0 saturated carbocycles. The van der Waals surface area contributed by atoms with E-state index < -0.39 is 22.0 Å². The predicted molar refractivity (Wildman–Crippen MR) is 105 cm³/mol. The third-order valence-electron chi connectivity index (χ3n) is 3.87. The van der Waals surface area contributed by atoms with Crippen LogP contribution in [0.15, 0.2) is 42.5 Å². The van der Waals surface area contributed by atoms with Gasteiger partial charge in [0.05, 0.1) is 19.1 Å². The van der Waals surface area contributed by atoms with Gasteiger partial charge < -0.3 is 10.1 Å². The van der Waals surface area contributed by atoms with E-state index in [1.807, 2.05) is 19.1 Å². The van der Waals surface area contributed by atoms with E-state index in [1.54, 1.807) is 24.3 Å². The highest BCUT2D eigenvalue weighted by atomic mass is 35.5. The van der Waals surface area contributed by atoms with Gasteiger partial charge in [-0.2, -0.15) is 0 Å². The molecule has 0 aliphatic carbocycles. The van der Waals surface area contributed by atoms with Crippen LogP contribution in [0.3, 0.4) is 0 Å². The van der Waals surface area contributed by atoms with E-state index in [-0.39, 0.29) is 5.69 Å².